The predicted octanol–water partition coefficient (Wildman–Crippen LogP) is 5.78. The molecule has 4 aromatic rings. The zero-order valence-electron chi connectivity index (χ0n) is 17.2. The van der Waals surface area contributed by atoms with Crippen LogP contribution in [0.1, 0.15) is 30.4 Å². The molecule has 1 atom stereocenters. The van der Waals surface area contributed by atoms with Gasteiger partial charge in [0.2, 0.25) is 0 Å². The van der Waals surface area contributed by atoms with E-state index in [0.29, 0.717) is 28.6 Å². The van der Waals surface area contributed by atoms with E-state index in [2.05, 4.69) is 21.8 Å². The standard InChI is InChI=1S/C22H20F3N5OS/c1-3-12-29-19(13-31-18-11-7-4-8-15(18)23)27-28-22(29)32-14(2)20-26-16-9-5-6-10-17(16)30(20)21(24)25/h3-11,14,21H,1,12-13H2,2H3. The maximum absolute atomic E-state index is 13.8. The summed E-state index contributed by atoms with van der Waals surface area (Å²) in [6, 6.07) is 12.9. The average Bonchev–Trinajstić information content (AvgIpc) is 3.35. The van der Waals surface area contributed by atoms with Crippen LogP contribution in [0, 0.1) is 5.82 Å². The molecule has 0 N–H and O–H groups in total. The number of hydrogen-bond donors (Lipinski definition) is 0. The van der Waals surface area contributed by atoms with Gasteiger partial charge in [0.05, 0.1) is 16.3 Å². The van der Waals surface area contributed by atoms with Crippen LogP contribution >= 0.6 is 11.8 Å². The van der Waals surface area contributed by atoms with Crippen LogP contribution in [0.25, 0.3) is 11.0 Å². The molecular formula is C22H20F3N5OS. The van der Waals surface area contributed by atoms with E-state index in [1.807, 2.05) is 0 Å². The number of halogens is 3. The first kappa shape index (κ1) is 21.9. The fourth-order valence-corrected chi connectivity index (χ4v) is 4.28. The van der Waals surface area contributed by atoms with E-state index in [1.165, 1.54) is 23.9 Å². The van der Waals surface area contributed by atoms with Gasteiger partial charge in [-0.2, -0.15) is 8.78 Å². The van der Waals surface area contributed by atoms with E-state index in [9.17, 15) is 13.2 Å². The van der Waals surface area contributed by atoms with Gasteiger partial charge in [-0.3, -0.25) is 9.13 Å². The van der Waals surface area contributed by atoms with E-state index >= 15 is 0 Å². The number of allylic oxidation sites excluding steroid dienone is 1. The number of thioether (sulfide) groups is 1. The number of nitrogens with zero attached hydrogens (tertiary/aromatic N) is 5. The van der Waals surface area contributed by atoms with Gasteiger partial charge in [-0.1, -0.05) is 42.1 Å². The second-order valence-corrected chi connectivity index (χ2v) is 8.19. The minimum atomic E-state index is -2.73. The number of para-hydroxylation sites is 3. The first-order chi connectivity index (χ1) is 15.5. The van der Waals surface area contributed by atoms with Crippen molar-refractivity contribution in [3.63, 3.8) is 0 Å². The Kier molecular flexibility index (Phi) is 6.50. The molecule has 0 aliphatic rings. The molecule has 0 aliphatic carbocycles. The second kappa shape index (κ2) is 9.47. The predicted molar refractivity (Wildman–Crippen MR) is 116 cm³/mol. The lowest BCUT2D eigenvalue weighted by Gasteiger charge is -2.14. The van der Waals surface area contributed by atoms with Gasteiger partial charge < -0.3 is 4.74 Å². The molecule has 32 heavy (non-hydrogen) atoms. The van der Waals surface area contributed by atoms with Crippen LogP contribution in [0.3, 0.4) is 0 Å². The number of hydrogen-bond acceptors (Lipinski definition) is 5. The number of ether oxygens (including phenoxy) is 1. The van der Waals surface area contributed by atoms with Crippen molar-refractivity contribution in [2.75, 3.05) is 0 Å². The number of alkyl halides is 2. The minimum absolute atomic E-state index is 0.00768. The summed E-state index contributed by atoms with van der Waals surface area (Å²) >= 11 is 1.25. The molecule has 2 aromatic heterocycles. The van der Waals surface area contributed by atoms with Gasteiger partial charge in [-0.25, -0.2) is 9.37 Å². The molecular weight excluding hydrogens is 439 g/mol. The van der Waals surface area contributed by atoms with E-state index < -0.39 is 17.6 Å². The lowest BCUT2D eigenvalue weighted by Crippen LogP contribution is -2.09. The molecule has 0 saturated carbocycles. The molecule has 0 amide bonds. The van der Waals surface area contributed by atoms with Crippen molar-refractivity contribution in [3.8, 4) is 5.75 Å². The monoisotopic (exact) mass is 459 g/mol. The van der Waals surface area contributed by atoms with Crippen LogP contribution in [-0.4, -0.2) is 24.3 Å². The number of rotatable bonds is 9. The van der Waals surface area contributed by atoms with Crippen LogP contribution in [-0.2, 0) is 13.2 Å². The maximum Gasteiger partial charge on any atom is 0.320 e. The van der Waals surface area contributed by atoms with E-state index in [0.717, 1.165) is 4.57 Å². The summed E-state index contributed by atoms with van der Waals surface area (Å²) in [6.07, 6.45) is 1.67. The van der Waals surface area contributed by atoms with Crippen LogP contribution in [0.5, 0.6) is 5.75 Å². The lowest BCUT2D eigenvalue weighted by molar-refractivity contribution is 0.0715. The van der Waals surface area contributed by atoms with Gasteiger partial charge in [0, 0.05) is 6.54 Å². The molecule has 0 saturated heterocycles. The van der Waals surface area contributed by atoms with Crippen molar-refractivity contribution in [2.45, 2.75) is 37.0 Å². The Hall–Kier alpha value is -3.27. The van der Waals surface area contributed by atoms with Gasteiger partial charge in [0.1, 0.15) is 12.4 Å². The minimum Gasteiger partial charge on any atom is -0.483 e. The van der Waals surface area contributed by atoms with Crippen molar-refractivity contribution >= 4 is 22.8 Å². The molecule has 6 nitrogen and oxygen atoms in total. The van der Waals surface area contributed by atoms with Crippen LogP contribution in [0.15, 0.2) is 66.3 Å². The normalized spacial score (nSPS) is 12.4. The summed E-state index contributed by atoms with van der Waals surface area (Å²) in [4.78, 5) is 4.42. The van der Waals surface area contributed by atoms with E-state index in [1.54, 1.807) is 54.0 Å². The highest BCUT2D eigenvalue weighted by Gasteiger charge is 2.24. The third-order valence-corrected chi connectivity index (χ3v) is 5.84. The van der Waals surface area contributed by atoms with E-state index in [4.69, 9.17) is 4.74 Å². The van der Waals surface area contributed by atoms with E-state index in [-0.39, 0.29) is 18.2 Å². The number of aromatic nitrogens is 5. The highest BCUT2D eigenvalue weighted by molar-refractivity contribution is 7.99. The first-order valence-electron chi connectivity index (χ1n) is 9.81. The molecule has 0 aliphatic heterocycles. The summed E-state index contributed by atoms with van der Waals surface area (Å²) in [5.74, 6) is 0.332. The van der Waals surface area contributed by atoms with Crippen LogP contribution < -0.4 is 4.74 Å². The molecule has 0 fully saturated rings. The Labute approximate surface area is 186 Å². The fourth-order valence-electron chi connectivity index (χ4n) is 3.30. The smallest absolute Gasteiger partial charge is 0.320 e. The molecule has 166 valence electrons. The average molecular weight is 459 g/mol. The summed E-state index contributed by atoms with van der Waals surface area (Å²) in [6.45, 7) is 3.18. The summed E-state index contributed by atoms with van der Waals surface area (Å²) in [7, 11) is 0. The van der Waals surface area contributed by atoms with Crippen molar-refractivity contribution in [1.82, 2.24) is 24.3 Å². The number of imidazole rings is 1. The second-order valence-electron chi connectivity index (χ2n) is 6.88. The molecule has 0 spiro atoms. The summed E-state index contributed by atoms with van der Waals surface area (Å²) < 4.78 is 49.7. The fraction of sp³-hybridized carbons (Fsp3) is 0.227. The molecule has 4 rings (SSSR count). The van der Waals surface area contributed by atoms with Gasteiger partial charge >= 0.3 is 6.55 Å². The Morgan fingerprint density at radius 2 is 1.88 bits per heavy atom. The molecule has 10 heteroatoms. The zero-order chi connectivity index (χ0) is 22.7. The highest BCUT2D eigenvalue weighted by Crippen LogP contribution is 2.37. The van der Waals surface area contributed by atoms with Gasteiger partial charge in [0.25, 0.3) is 0 Å². The number of fused-ring (bicyclic) bond motifs is 1. The van der Waals surface area contributed by atoms with Crippen LogP contribution in [0.4, 0.5) is 13.2 Å². The third kappa shape index (κ3) is 4.36. The SMILES string of the molecule is C=CCn1c(COc2ccccc2F)nnc1SC(C)c1nc2ccccc2n1C(F)F. The van der Waals surface area contributed by atoms with Gasteiger partial charge in [0.15, 0.2) is 22.5 Å². The van der Waals surface area contributed by atoms with Crippen molar-refractivity contribution < 1.29 is 17.9 Å². The molecule has 0 radical (unpaired) electrons. The molecule has 1 unspecified atom stereocenters. The lowest BCUT2D eigenvalue weighted by atomic mass is 10.3. The third-order valence-electron chi connectivity index (χ3n) is 4.76. The van der Waals surface area contributed by atoms with Crippen LogP contribution in [0.2, 0.25) is 0 Å². The molecule has 2 heterocycles. The first-order valence-corrected chi connectivity index (χ1v) is 10.7. The summed E-state index contributed by atoms with van der Waals surface area (Å²) in [5, 5.41) is 8.40. The Morgan fingerprint density at radius 1 is 1.12 bits per heavy atom. The maximum atomic E-state index is 13.8. The Morgan fingerprint density at radius 3 is 2.62 bits per heavy atom. The highest BCUT2D eigenvalue weighted by atomic mass is 32.2. The molecule has 2 aromatic carbocycles. The van der Waals surface area contributed by atoms with Gasteiger partial charge in [-0.05, 0) is 31.2 Å². The zero-order valence-corrected chi connectivity index (χ0v) is 18.0. The largest absolute Gasteiger partial charge is 0.483 e. The van der Waals surface area contributed by atoms with Gasteiger partial charge in [-0.15, -0.1) is 16.8 Å². The Bertz CT molecular complexity index is 1240. The molecule has 0 bridgehead atoms. The van der Waals surface area contributed by atoms with Crippen molar-refractivity contribution in [1.29, 1.82) is 0 Å². The van der Waals surface area contributed by atoms with Crippen molar-refractivity contribution in [3.05, 3.63) is 78.7 Å². The summed E-state index contributed by atoms with van der Waals surface area (Å²) in [5.41, 5.74) is 0.873. The quantitative estimate of drug-likeness (QED) is 0.235. The topological polar surface area (TPSA) is 57.8 Å². The Balaban J connectivity index is 1.59. The van der Waals surface area contributed by atoms with Crippen molar-refractivity contribution in [2.24, 2.45) is 0 Å². The number of benzene rings is 2.